The van der Waals surface area contributed by atoms with Crippen LogP contribution in [0.3, 0.4) is 0 Å². The molecular formula is C23H20N6OS3. The van der Waals surface area contributed by atoms with Crippen LogP contribution in [-0.2, 0) is 4.79 Å². The number of hydrogen-bond donors (Lipinski definition) is 0. The topological polar surface area (TPSA) is 76.3 Å². The zero-order valence-electron chi connectivity index (χ0n) is 17.6. The lowest BCUT2D eigenvalue weighted by atomic mass is 10.1. The molecule has 0 bridgehead atoms. The summed E-state index contributed by atoms with van der Waals surface area (Å²) in [5.41, 5.74) is 1.97. The van der Waals surface area contributed by atoms with Gasteiger partial charge >= 0.3 is 0 Å². The minimum Gasteiger partial charge on any atom is -0.299 e. The monoisotopic (exact) mass is 492 g/mol. The van der Waals surface area contributed by atoms with Crippen molar-refractivity contribution in [3.63, 3.8) is 0 Å². The summed E-state index contributed by atoms with van der Waals surface area (Å²) in [6, 6.07) is 12.4. The highest BCUT2D eigenvalue weighted by Crippen LogP contribution is 2.41. The fraction of sp³-hybridized carbons (Fsp3) is 0.261. The van der Waals surface area contributed by atoms with Crippen LogP contribution in [0.1, 0.15) is 41.1 Å². The van der Waals surface area contributed by atoms with Crippen LogP contribution in [0.15, 0.2) is 69.8 Å². The lowest BCUT2D eigenvalue weighted by Gasteiger charge is -2.20. The smallest absolute Gasteiger partial charge is 0.253 e. The van der Waals surface area contributed by atoms with Gasteiger partial charge in [0.2, 0.25) is 0 Å². The highest BCUT2D eigenvalue weighted by Gasteiger charge is 2.35. The van der Waals surface area contributed by atoms with Crippen LogP contribution in [-0.4, -0.2) is 42.1 Å². The highest BCUT2D eigenvalue weighted by atomic mass is 32.2. The van der Waals surface area contributed by atoms with Gasteiger partial charge in [-0.3, -0.25) is 14.3 Å². The summed E-state index contributed by atoms with van der Waals surface area (Å²) in [6.45, 7) is 0. The number of carbonyl (C=O) groups excluding carboxylic acids is 1. The Morgan fingerprint density at radius 1 is 1.06 bits per heavy atom. The number of hydrazone groups is 1. The van der Waals surface area contributed by atoms with Crippen molar-refractivity contribution in [1.82, 2.24) is 24.8 Å². The van der Waals surface area contributed by atoms with Gasteiger partial charge in [0.05, 0.1) is 22.4 Å². The van der Waals surface area contributed by atoms with E-state index >= 15 is 0 Å². The molecule has 2 aliphatic rings. The van der Waals surface area contributed by atoms with Crippen LogP contribution in [0.2, 0.25) is 0 Å². The number of thiophene rings is 2. The third kappa shape index (κ3) is 4.14. The number of carbonyl (C=O) groups is 1. The van der Waals surface area contributed by atoms with Crippen LogP contribution >= 0.6 is 34.4 Å². The Bertz CT molecular complexity index is 1280. The average Bonchev–Trinajstić information content (AvgIpc) is 3.34. The van der Waals surface area contributed by atoms with Gasteiger partial charge in [-0.2, -0.15) is 5.10 Å². The quantitative estimate of drug-likeness (QED) is 0.329. The summed E-state index contributed by atoms with van der Waals surface area (Å²) in [4.78, 5) is 19.7. The molecule has 0 radical (unpaired) electrons. The largest absolute Gasteiger partial charge is 0.299 e. The normalized spacial score (nSPS) is 18.0. The standard InChI is InChI=1S/C23H20N6OS3/c30-21(29-18(20-4-2-12-32-20)13-17(27-29)19-3-1-11-31-19)14-33-23-26-25-22(28(23)16-5-6-16)15-7-9-24-10-8-15/h1-4,7-12,16,18H,5-6,13-14H2/t18-/m0/s1. The lowest BCUT2D eigenvalue weighted by molar-refractivity contribution is -0.130. The van der Waals surface area contributed by atoms with Gasteiger partial charge in [0.25, 0.3) is 5.91 Å². The molecule has 10 heteroatoms. The van der Waals surface area contributed by atoms with Gasteiger partial charge < -0.3 is 0 Å². The second-order valence-electron chi connectivity index (χ2n) is 7.93. The molecule has 166 valence electrons. The van der Waals surface area contributed by atoms with E-state index in [9.17, 15) is 4.79 Å². The number of hydrogen-bond acceptors (Lipinski definition) is 8. The van der Waals surface area contributed by atoms with Gasteiger partial charge in [0.1, 0.15) is 0 Å². The maximum atomic E-state index is 13.4. The fourth-order valence-corrected chi connectivity index (χ4v) is 6.35. The Hall–Kier alpha value is -2.82. The fourth-order valence-electron chi connectivity index (χ4n) is 3.96. The van der Waals surface area contributed by atoms with E-state index < -0.39 is 0 Å². The van der Waals surface area contributed by atoms with Gasteiger partial charge in [-0.25, -0.2) is 5.01 Å². The molecule has 1 aliphatic carbocycles. The first-order valence-electron chi connectivity index (χ1n) is 10.7. The van der Waals surface area contributed by atoms with E-state index in [1.165, 1.54) is 11.8 Å². The van der Waals surface area contributed by atoms with Crippen LogP contribution in [0.25, 0.3) is 11.4 Å². The van der Waals surface area contributed by atoms with E-state index in [-0.39, 0.29) is 17.7 Å². The molecule has 5 heterocycles. The molecule has 0 N–H and O–H groups in total. The van der Waals surface area contributed by atoms with Crippen molar-refractivity contribution in [2.75, 3.05) is 5.75 Å². The van der Waals surface area contributed by atoms with Gasteiger partial charge in [0.15, 0.2) is 11.0 Å². The van der Waals surface area contributed by atoms with Crippen LogP contribution in [0.5, 0.6) is 0 Å². The van der Waals surface area contributed by atoms with Crippen molar-refractivity contribution >= 4 is 46.1 Å². The summed E-state index contributed by atoms with van der Waals surface area (Å²) in [7, 11) is 0. The highest BCUT2D eigenvalue weighted by molar-refractivity contribution is 7.99. The summed E-state index contributed by atoms with van der Waals surface area (Å²) in [6.07, 6.45) is 6.48. The molecule has 4 aromatic rings. The van der Waals surface area contributed by atoms with Crippen LogP contribution < -0.4 is 0 Å². The molecule has 1 aliphatic heterocycles. The van der Waals surface area contributed by atoms with Crippen molar-refractivity contribution in [2.24, 2.45) is 5.10 Å². The minimum absolute atomic E-state index is 0.0132. The predicted molar refractivity (Wildman–Crippen MR) is 132 cm³/mol. The summed E-state index contributed by atoms with van der Waals surface area (Å²) in [5, 5.41) is 20.2. The van der Waals surface area contributed by atoms with Gasteiger partial charge in [-0.05, 0) is 47.9 Å². The van der Waals surface area contributed by atoms with E-state index in [1.54, 1.807) is 40.1 Å². The first kappa shape index (κ1) is 20.8. The Morgan fingerprint density at radius 3 is 2.61 bits per heavy atom. The van der Waals surface area contributed by atoms with Crippen molar-refractivity contribution < 1.29 is 4.79 Å². The first-order chi connectivity index (χ1) is 16.3. The van der Waals surface area contributed by atoms with Gasteiger partial charge in [-0.15, -0.1) is 32.9 Å². The minimum atomic E-state index is -0.0520. The number of nitrogens with zero attached hydrogens (tertiary/aromatic N) is 6. The number of amides is 1. The second-order valence-corrected chi connectivity index (χ2v) is 10.8. The average molecular weight is 493 g/mol. The van der Waals surface area contributed by atoms with E-state index in [0.717, 1.165) is 51.3 Å². The van der Waals surface area contributed by atoms with Crippen molar-refractivity contribution in [3.05, 3.63) is 69.3 Å². The maximum absolute atomic E-state index is 13.4. The van der Waals surface area contributed by atoms with Crippen LogP contribution in [0.4, 0.5) is 0 Å². The molecule has 6 rings (SSSR count). The molecule has 33 heavy (non-hydrogen) atoms. The second kappa shape index (κ2) is 8.85. The molecule has 1 fully saturated rings. The maximum Gasteiger partial charge on any atom is 0.253 e. The molecule has 0 spiro atoms. The van der Waals surface area contributed by atoms with Gasteiger partial charge in [0, 0.05) is 35.3 Å². The Morgan fingerprint density at radius 2 is 1.88 bits per heavy atom. The molecule has 0 saturated heterocycles. The number of rotatable bonds is 7. The molecule has 1 amide bonds. The van der Waals surface area contributed by atoms with E-state index in [0.29, 0.717) is 6.04 Å². The zero-order chi connectivity index (χ0) is 22.2. The van der Waals surface area contributed by atoms with Gasteiger partial charge in [-0.1, -0.05) is 23.9 Å². The van der Waals surface area contributed by atoms with Crippen molar-refractivity contribution in [1.29, 1.82) is 0 Å². The van der Waals surface area contributed by atoms with E-state index in [2.05, 4.69) is 37.3 Å². The first-order valence-corrected chi connectivity index (χ1v) is 13.5. The molecule has 7 nitrogen and oxygen atoms in total. The predicted octanol–water partition coefficient (Wildman–Crippen LogP) is 5.27. The SMILES string of the molecule is O=C(CSc1nnc(-c2ccncc2)n1C1CC1)N1N=C(c2cccs2)C[C@H]1c1cccs1. The lowest BCUT2D eigenvalue weighted by Crippen LogP contribution is -2.28. The Balaban J connectivity index is 1.23. The van der Waals surface area contributed by atoms with Crippen molar-refractivity contribution in [3.8, 4) is 11.4 Å². The molecular weight excluding hydrogens is 472 g/mol. The summed E-state index contributed by atoms with van der Waals surface area (Å²) < 4.78 is 2.17. The number of pyridine rings is 1. The molecule has 1 atom stereocenters. The molecule has 1 saturated carbocycles. The van der Waals surface area contributed by atoms with Crippen LogP contribution in [0, 0.1) is 0 Å². The third-order valence-electron chi connectivity index (χ3n) is 5.68. The number of aromatic nitrogens is 4. The molecule has 0 unspecified atom stereocenters. The van der Waals surface area contributed by atoms with Crippen molar-refractivity contribution in [2.45, 2.75) is 36.5 Å². The number of thioether (sulfide) groups is 1. The van der Waals surface area contributed by atoms with E-state index in [1.807, 2.05) is 29.6 Å². The summed E-state index contributed by atoms with van der Waals surface area (Å²) >= 11 is 4.77. The third-order valence-corrected chi connectivity index (χ3v) is 8.50. The van der Waals surface area contributed by atoms with E-state index in [4.69, 9.17) is 5.10 Å². The Kier molecular flexibility index (Phi) is 5.57. The zero-order valence-corrected chi connectivity index (χ0v) is 20.0. The molecule has 4 aromatic heterocycles. The Labute approximate surface area is 203 Å². The molecule has 0 aromatic carbocycles. The summed E-state index contributed by atoms with van der Waals surface area (Å²) in [5.74, 6) is 1.09.